The maximum atomic E-state index is 13.2. The van der Waals surface area contributed by atoms with Crippen LogP contribution in [0.15, 0.2) is 23.2 Å². The van der Waals surface area contributed by atoms with Crippen LogP contribution < -0.4 is 11.1 Å². The number of carboxylic acid groups (broad SMARTS) is 1. The summed E-state index contributed by atoms with van der Waals surface area (Å²) >= 11 is 6.38. The largest absolute Gasteiger partial charge is 0.465 e. The summed E-state index contributed by atoms with van der Waals surface area (Å²) in [5.74, 6) is -0.151. The van der Waals surface area contributed by atoms with Gasteiger partial charge < -0.3 is 15.6 Å². The predicted octanol–water partition coefficient (Wildman–Crippen LogP) is 2.70. The Kier molecular flexibility index (Phi) is 4.71. The fraction of sp³-hybridized carbons (Fsp3) is 0.526. The van der Waals surface area contributed by atoms with E-state index in [1.54, 1.807) is 25.1 Å². The molecule has 0 radical (unpaired) electrons. The van der Waals surface area contributed by atoms with Gasteiger partial charge in [-0.15, -0.1) is 0 Å². The average molecular weight is 407 g/mol. The van der Waals surface area contributed by atoms with Crippen molar-refractivity contribution >= 4 is 35.2 Å². The number of ether oxygens (including phenoxy) is 1. The van der Waals surface area contributed by atoms with E-state index < -0.39 is 11.6 Å². The van der Waals surface area contributed by atoms with E-state index in [-0.39, 0.29) is 36.5 Å². The van der Waals surface area contributed by atoms with E-state index in [9.17, 15) is 14.7 Å². The molecule has 28 heavy (non-hydrogen) atoms. The Labute approximate surface area is 167 Å². The number of nitrogens with one attached hydrogen (secondary N) is 1. The molecule has 4 atom stereocenters. The first-order valence-electron chi connectivity index (χ1n) is 9.38. The molecular formula is C19H23ClN4O4. The fourth-order valence-corrected chi connectivity index (χ4v) is 4.88. The number of amides is 2. The number of benzene rings is 1. The lowest BCUT2D eigenvalue weighted by Crippen LogP contribution is -2.58. The normalized spacial score (nSPS) is 32.2. The van der Waals surface area contributed by atoms with Crippen LogP contribution in [-0.2, 0) is 15.1 Å². The number of hydrogen-bond acceptors (Lipinski definition) is 5. The van der Waals surface area contributed by atoms with Gasteiger partial charge >= 0.3 is 6.09 Å². The van der Waals surface area contributed by atoms with Crippen LogP contribution in [0.5, 0.6) is 0 Å². The monoisotopic (exact) mass is 406 g/mol. The molecule has 3 heterocycles. The molecule has 0 saturated carbocycles. The van der Waals surface area contributed by atoms with Crippen LogP contribution in [0, 0.1) is 0 Å². The zero-order valence-corrected chi connectivity index (χ0v) is 16.3. The van der Waals surface area contributed by atoms with Gasteiger partial charge in [0.2, 0.25) is 11.9 Å². The number of hydrogen-bond donors (Lipinski definition) is 3. The van der Waals surface area contributed by atoms with Gasteiger partial charge in [-0.2, -0.15) is 0 Å². The highest BCUT2D eigenvalue weighted by Crippen LogP contribution is 2.42. The molecule has 8 nitrogen and oxygen atoms in total. The zero-order valence-electron chi connectivity index (χ0n) is 15.5. The summed E-state index contributed by atoms with van der Waals surface area (Å²) in [4.78, 5) is 30.8. The van der Waals surface area contributed by atoms with Crippen molar-refractivity contribution in [1.82, 2.24) is 10.2 Å². The number of nitrogens with zero attached hydrogens (tertiary/aromatic N) is 2. The van der Waals surface area contributed by atoms with Crippen molar-refractivity contribution < 1.29 is 19.4 Å². The van der Waals surface area contributed by atoms with Crippen molar-refractivity contribution in [1.29, 1.82) is 0 Å². The lowest BCUT2D eigenvalue weighted by Gasteiger charge is -2.42. The predicted molar refractivity (Wildman–Crippen MR) is 104 cm³/mol. The van der Waals surface area contributed by atoms with E-state index in [1.807, 2.05) is 0 Å². The Bertz CT molecular complexity index is 848. The van der Waals surface area contributed by atoms with Crippen molar-refractivity contribution in [3.8, 4) is 0 Å². The Morgan fingerprint density at radius 1 is 1.39 bits per heavy atom. The number of aliphatic imine (C=N–C) groups is 1. The van der Waals surface area contributed by atoms with Gasteiger partial charge in [0.05, 0.1) is 34.9 Å². The lowest BCUT2D eigenvalue weighted by molar-refractivity contribution is -0.134. The molecule has 2 amide bonds. The van der Waals surface area contributed by atoms with Crippen LogP contribution in [0.1, 0.15) is 44.6 Å². The minimum absolute atomic E-state index is 0.0380. The number of anilines is 1. The van der Waals surface area contributed by atoms with Crippen molar-refractivity contribution in [3.05, 3.63) is 28.8 Å². The van der Waals surface area contributed by atoms with Crippen molar-refractivity contribution in [2.75, 3.05) is 5.73 Å². The minimum atomic E-state index is -1.27. The molecule has 2 bridgehead atoms. The van der Waals surface area contributed by atoms with Crippen LogP contribution in [0.3, 0.4) is 0 Å². The third-order valence-corrected chi connectivity index (χ3v) is 6.22. The summed E-state index contributed by atoms with van der Waals surface area (Å²) in [7, 11) is 0. The molecule has 4 N–H and O–H groups in total. The highest BCUT2D eigenvalue weighted by molar-refractivity contribution is 6.34. The second-order valence-corrected chi connectivity index (χ2v) is 8.25. The van der Waals surface area contributed by atoms with Crippen molar-refractivity contribution in [2.24, 2.45) is 4.99 Å². The summed E-state index contributed by atoms with van der Waals surface area (Å²) in [6, 6.07) is 5.04. The first kappa shape index (κ1) is 19.0. The molecule has 1 aromatic rings. The van der Waals surface area contributed by atoms with Gasteiger partial charge in [-0.1, -0.05) is 23.7 Å². The van der Waals surface area contributed by atoms with E-state index in [4.69, 9.17) is 22.1 Å². The van der Waals surface area contributed by atoms with Gasteiger partial charge in [0.25, 0.3) is 0 Å². The van der Waals surface area contributed by atoms with Crippen LogP contribution >= 0.6 is 11.6 Å². The SMILES string of the molecule is C[C@@]1(c2cccc(N)c2Cl)CC(=O)N(C2CC3CC[C@H](C2)O3)C(NC(=O)O)=N1. The zero-order chi connectivity index (χ0) is 20.1. The Morgan fingerprint density at radius 3 is 2.71 bits per heavy atom. The van der Waals surface area contributed by atoms with Crippen LogP contribution in [-0.4, -0.2) is 46.2 Å². The Morgan fingerprint density at radius 2 is 2.07 bits per heavy atom. The smallest absolute Gasteiger partial charge is 0.411 e. The molecule has 0 aromatic heterocycles. The topological polar surface area (TPSA) is 117 Å². The number of halogens is 1. The Hall–Kier alpha value is -2.32. The Balaban J connectivity index is 1.73. The number of nitrogens with two attached hydrogens (primary N) is 1. The van der Waals surface area contributed by atoms with Gasteiger partial charge in [-0.3, -0.25) is 15.0 Å². The maximum Gasteiger partial charge on any atom is 0.411 e. The standard InChI is InChI=1S/C19H23ClN4O4/c1-19(13-3-2-4-14(21)16(13)20)9-15(25)24(17(23-19)22-18(26)27)10-7-11-5-6-12(8-10)28-11/h2-4,10-12H,5-9,21H2,1H3,(H,22,23)(H,26,27)/t10?,11-,12?,19+/m1/s1. The van der Waals surface area contributed by atoms with E-state index >= 15 is 0 Å². The molecule has 9 heteroatoms. The van der Waals surface area contributed by atoms with Crippen LogP contribution in [0.2, 0.25) is 5.02 Å². The third-order valence-electron chi connectivity index (χ3n) is 5.80. The first-order valence-corrected chi connectivity index (χ1v) is 9.76. The van der Waals surface area contributed by atoms with E-state index in [1.165, 1.54) is 4.90 Å². The van der Waals surface area contributed by atoms with Gasteiger partial charge in [0.15, 0.2) is 0 Å². The van der Waals surface area contributed by atoms with E-state index in [0.717, 1.165) is 12.8 Å². The number of nitrogen functional groups attached to an aromatic ring is 1. The summed E-state index contributed by atoms with van der Waals surface area (Å²) in [6.45, 7) is 1.76. The number of fused-ring (bicyclic) bond motifs is 2. The highest BCUT2D eigenvalue weighted by Gasteiger charge is 2.46. The third kappa shape index (κ3) is 3.31. The van der Waals surface area contributed by atoms with Gasteiger partial charge in [0.1, 0.15) is 0 Å². The number of carbonyl (C=O) groups is 2. The molecule has 2 saturated heterocycles. The summed E-state index contributed by atoms with van der Waals surface area (Å²) in [5, 5.41) is 12.0. The molecule has 2 unspecified atom stereocenters. The highest BCUT2D eigenvalue weighted by atomic mass is 35.5. The molecule has 4 rings (SSSR count). The summed E-state index contributed by atoms with van der Waals surface area (Å²) < 4.78 is 5.86. The average Bonchev–Trinajstić information content (AvgIpc) is 2.94. The molecule has 3 aliphatic heterocycles. The second-order valence-electron chi connectivity index (χ2n) is 7.87. The van der Waals surface area contributed by atoms with Crippen LogP contribution in [0.25, 0.3) is 0 Å². The summed E-state index contributed by atoms with van der Waals surface area (Å²) in [5.41, 5.74) is 5.89. The van der Waals surface area contributed by atoms with Gasteiger partial charge in [-0.25, -0.2) is 9.79 Å². The molecule has 0 spiro atoms. The maximum absolute atomic E-state index is 13.2. The fourth-order valence-electron chi connectivity index (χ4n) is 4.55. The molecule has 3 aliphatic rings. The van der Waals surface area contributed by atoms with Crippen molar-refractivity contribution in [3.63, 3.8) is 0 Å². The van der Waals surface area contributed by atoms with Crippen LogP contribution in [0.4, 0.5) is 10.5 Å². The second kappa shape index (κ2) is 6.93. The van der Waals surface area contributed by atoms with E-state index in [0.29, 0.717) is 29.1 Å². The quantitative estimate of drug-likeness (QED) is 0.653. The number of guanidine groups is 1. The van der Waals surface area contributed by atoms with Gasteiger partial charge in [0, 0.05) is 11.6 Å². The van der Waals surface area contributed by atoms with Gasteiger partial charge in [-0.05, 0) is 38.7 Å². The molecular weight excluding hydrogens is 384 g/mol. The molecule has 2 fully saturated rings. The molecule has 150 valence electrons. The number of rotatable bonds is 2. The number of carbonyl (C=O) groups excluding carboxylic acids is 1. The molecule has 0 aliphatic carbocycles. The minimum Gasteiger partial charge on any atom is -0.465 e. The van der Waals surface area contributed by atoms with E-state index in [2.05, 4.69) is 10.3 Å². The van der Waals surface area contributed by atoms with Crippen molar-refractivity contribution in [2.45, 2.75) is 62.8 Å². The lowest BCUT2D eigenvalue weighted by atomic mass is 9.86. The first-order chi connectivity index (χ1) is 13.3. The molecule has 1 aromatic carbocycles. The summed E-state index contributed by atoms with van der Waals surface area (Å²) in [6.07, 6.45) is 2.33.